The largest absolute Gasteiger partial charge is 0.201 e. The average Bonchev–Trinajstić information content (AvgIpc) is 3.49. The molecule has 6 aromatic rings. The Kier molecular flexibility index (Phi) is 7.17. The summed E-state index contributed by atoms with van der Waals surface area (Å²) in [6.45, 7) is 1.66. The molecule has 3 aromatic carbocycles. The second-order valence-electron chi connectivity index (χ2n) is 9.11. The van der Waals surface area contributed by atoms with Gasteiger partial charge in [0.2, 0.25) is 0 Å². The molecule has 6 rings (SSSR count). The summed E-state index contributed by atoms with van der Waals surface area (Å²) < 4.78 is 13.3. The SMILES string of the molecule is C(#Cc1ccc(C#Cc2cc[n+](Cc3ccccc3)cc2)c2nsnc12)c1cc[n+](Cc2ccccc2)cc1. The number of rotatable bonds is 4. The van der Waals surface area contributed by atoms with Gasteiger partial charge in [-0.1, -0.05) is 84.3 Å². The van der Waals surface area contributed by atoms with Gasteiger partial charge in [-0.2, -0.15) is 8.75 Å². The van der Waals surface area contributed by atoms with Gasteiger partial charge < -0.3 is 0 Å². The predicted octanol–water partition coefficient (Wildman–Crippen LogP) is 5.16. The van der Waals surface area contributed by atoms with Crippen molar-refractivity contribution in [2.24, 2.45) is 0 Å². The van der Waals surface area contributed by atoms with Gasteiger partial charge in [0.15, 0.2) is 37.9 Å². The summed E-state index contributed by atoms with van der Waals surface area (Å²) in [6, 6.07) is 32.9. The Balaban J connectivity index is 1.17. The molecule has 0 unspecified atom stereocenters. The standard InChI is InChI=1S/C34H24N4S/c1-3-7-29(8-4-1)25-37-21-17-27(18-22-37)11-13-31-15-16-32(34-33(31)35-39-36-34)14-12-28-19-23-38(24-20-28)26-30-9-5-2-6-10-30/h1-10,15-24H,25-26H2/q+2. The Hall–Kier alpha value is -5.10. The molecule has 0 bridgehead atoms. The van der Waals surface area contributed by atoms with Gasteiger partial charge >= 0.3 is 0 Å². The van der Waals surface area contributed by atoms with Crippen molar-refractivity contribution in [1.82, 2.24) is 8.75 Å². The van der Waals surface area contributed by atoms with E-state index in [1.165, 1.54) is 22.9 Å². The summed E-state index contributed by atoms with van der Waals surface area (Å²) in [5, 5.41) is 0. The maximum Gasteiger partial charge on any atom is 0.173 e. The first-order chi connectivity index (χ1) is 19.3. The van der Waals surface area contributed by atoms with Gasteiger partial charge in [0.05, 0.1) is 22.9 Å². The van der Waals surface area contributed by atoms with Crippen LogP contribution in [0.15, 0.2) is 122 Å². The molecule has 0 atom stereocenters. The molecule has 0 saturated carbocycles. The molecule has 0 aliphatic rings. The molecular weight excluding hydrogens is 496 g/mol. The first-order valence-electron chi connectivity index (χ1n) is 12.7. The van der Waals surface area contributed by atoms with E-state index in [9.17, 15) is 0 Å². The van der Waals surface area contributed by atoms with Crippen LogP contribution < -0.4 is 9.13 Å². The Bertz CT molecular complexity index is 1700. The first-order valence-corrected chi connectivity index (χ1v) is 13.4. The van der Waals surface area contributed by atoms with Gasteiger partial charge in [-0.05, 0) is 12.1 Å². The van der Waals surface area contributed by atoms with Gasteiger partial charge in [0, 0.05) is 46.5 Å². The highest BCUT2D eigenvalue weighted by molar-refractivity contribution is 7.00. The van der Waals surface area contributed by atoms with Crippen molar-refractivity contribution in [3.63, 3.8) is 0 Å². The molecule has 5 heteroatoms. The van der Waals surface area contributed by atoms with E-state index >= 15 is 0 Å². The fraction of sp³-hybridized carbons (Fsp3) is 0.0588. The molecule has 4 nitrogen and oxygen atoms in total. The molecule has 3 aromatic heterocycles. The molecule has 0 amide bonds. The first kappa shape index (κ1) is 24.2. The van der Waals surface area contributed by atoms with Gasteiger partial charge in [0.25, 0.3) is 0 Å². The summed E-state index contributed by atoms with van der Waals surface area (Å²) in [5.74, 6) is 13.1. The van der Waals surface area contributed by atoms with E-state index in [0.717, 1.165) is 46.4 Å². The Morgan fingerprint density at radius 2 is 0.897 bits per heavy atom. The normalized spacial score (nSPS) is 10.4. The van der Waals surface area contributed by atoms with Crippen molar-refractivity contribution in [3.05, 3.63) is 155 Å². The van der Waals surface area contributed by atoms with Crippen LogP contribution in [0.1, 0.15) is 33.4 Å². The Labute approximate surface area is 232 Å². The monoisotopic (exact) mass is 520 g/mol. The van der Waals surface area contributed by atoms with Gasteiger partial charge in [-0.15, -0.1) is 0 Å². The van der Waals surface area contributed by atoms with Crippen molar-refractivity contribution in [3.8, 4) is 23.7 Å². The Morgan fingerprint density at radius 3 is 1.31 bits per heavy atom. The lowest BCUT2D eigenvalue weighted by Gasteiger charge is -1.98. The molecule has 0 saturated heterocycles. The molecule has 0 spiro atoms. The smallest absolute Gasteiger partial charge is 0.173 e. The van der Waals surface area contributed by atoms with Crippen LogP contribution in [0.3, 0.4) is 0 Å². The number of benzene rings is 3. The second kappa shape index (κ2) is 11.5. The average molecular weight is 521 g/mol. The van der Waals surface area contributed by atoms with Crippen LogP contribution in [0.5, 0.6) is 0 Å². The molecule has 184 valence electrons. The minimum absolute atomic E-state index is 0.795. The number of fused-ring (bicyclic) bond motifs is 1. The fourth-order valence-electron chi connectivity index (χ4n) is 4.23. The zero-order valence-corrected chi connectivity index (χ0v) is 22.0. The minimum atomic E-state index is 0.795. The zero-order chi connectivity index (χ0) is 26.3. The Morgan fingerprint density at radius 1 is 0.487 bits per heavy atom. The lowest BCUT2D eigenvalue weighted by atomic mass is 10.1. The summed E-state index contributed by atoms with van der Waals surface area (Å²) in [5.41, 5.74) is 7.73. The van der Waals surface area contributed by atoms with Crippen molar-refractivity contribution < 1.29 is 9.13 Å². The van der Waals surface area contributed by atoms with E-state index < -0.39 is 0 Å². The topological polar surface area (TPSA) is 33.5 Å². The third kappa shape index (κ3) is 6.08. The summed E-state index contributed by atoms with van der Waals surface area (Å²) >= 11 is 1.19. The molecular formula is C34H24N4S+2. The molecule has 0 aliphatic heterocycles. The molecule has 0 aliphatic carbocycles. The molecule has 39 heavy (non-hydrogen) atoms. The minimum Gasteiger partial charge on any atom is -0.201 e. The lowest BCUT2D eigenvalue weighted by molar-refractivity contribution is -0.688. The van der Waals surface area contributed by atoms with E-state index in [2.05, 4.69) is 115 Å². The number of aromatic nitrogens is 4. The predicted molar refractivity (Wildman–Crippen MR) is 154 cm³/mol. The molecule has 3 heterocycles. The highest BCUT2D eigenvalue weighted by Crippen LogP contribution is 2.20. The lowest BCUT2D eigenvalue weighted by Crippen LogP contribution is -2.33. The maximum absolute atomic E-state index is 4.51. The van der Waals surface area contributed by atoms with Crippen molar-refractivity contribution in [2.75, 3.05) is 0 Å². The quantitative estimate of drug-likeness (QED) is 0.238. The van der Waals surface area contributed by atoms with E-state index in [-0.39, 0.29) is 0 Å². The van der Waals surface area contributed by atoms with Crippen LogP contribution in [0.4, 0.5) is 0 Å². The summed E-state index contributed by atoms with van der Waals surface area (Å²) in [6.07, 6.45) is 8.23. The maximum atomic E-state index is 4.51. The summed E-state index contributed by atoms with van der Waals surface area (Å²) in [7, 11) is 0. The van der Waals surface area contributed by atoms with Crippen LogP contribution in [0, 0.1) is 23.7 Å². The highest BCUT2D eigenvalue weighted by atomic mass is 32.1. The van der Waals surface area contributed by atoms with E-state index in [1.807, 2.05) is 48.5 Å². The molecule has 0 fully saturated rings. The van der Waals surface area contributed by atoms with E-state index in [0.29, 0.717) is 0 Å². The van der Waals surface area contributed by atoms with Crippen LogP contribution in [-0.4, -0.2) is 8.75 Å². The summed E-state index contributed by atoms with van der Waals surface area (Å²) in [4.78, 5) is 0. The van der Waals surface area contributed by atoms with Gasteiger partial charge in [-0.25, -0.2) is 9.13 Å². The van der Waals surface area contributed by atoms with Crippen LogP contribution in [0.25, 0.3) is 11.0 Å². The third-order valence-electron chi connectivity index (χ3n) is 6.30. The highest BCUT2D eigenvalue weighted by Gasteiger charge is 2.08. The van der Waals surface area contributed by atoms with Crippen LogP contribution >= 0.6 is 11.7 Å². The molecule has 0 N–H and O–H groups in total. The molecule has 0 radical (unpaired) electrons. The zero-order valence-electron chi connectivity index (χ0n) is 21.2. The van der Waals surface area contributed by atoms with Gasteiger partial charge in [-0.3, -0.25) is 0 Å². The van der Waals surface area contributed by atoms with E-state index in [4.69, 9.17) is 0 Å². The fourth-order valence-corrected chi connectivity index (χ4v) is 4.80. The van der Waals surface area contributed by atoms with Crippen LogP contribution in [0.2, 0.25) is 0 Å². The number of hydrogen-bond acceptors (Lipinski definition) is 3. The van der Waals surface area contributed by atoms with Crippen molar-refractivity contribution in [1.29, 1.82) is 0 Å². The van der Waals surface area contributed by atoms with E-state index in [1.54, 1.807) is 0 Å². The second-order valence-corrected chi connectivity index (χ2v) is 9.64. The van der Waals surface area contributed by atoms with Crippen molar-refractivity contribution in [2.45, 2.75) is 13.1 Å². The van der Waals surface area contributed by atoms with Gasteiger partial charge in [0.1, 0.15) is 11.0 Å². The number of hydrogen-bond donors (Lipinski definition) is 0. The van der Waals surface area contributed by atoms with Crippen molar-refractivity contribution >= 4 is 22.8 Å². The third-order valence-corrected chi connectivity index (χ3v) is 6.83. The number of pyridine rings is 2. The number of nitrogens with zero attached hydrogens (tertiary/aromatic N) is 4. The van der Waals surface area contributed by atoms with Crippen LogP contribution in [-0.2, 0) is 13.1 Å².